The summed E-state index contributed by atoms with van der Waals surface area (Å²) < 4.78 is 0. The molecule has 0 aromatic carbocycles. The SMILES string of the molecule is CC1(O)CC(NC(=O)O)C1. The molecule has 10 heavy (non-hydrogen) atoms. The van der Waals surface area contributed by atoms with Crippen LogP contribution in [0.25, 0.3) is 0 Å². The van der Waals surface area contributed by atoms with Gasteiger partial charge in [-0.05, 0) is 19.8 Å². The Hall–Kier alpha value is -0.770. The van der Waals surface area contributed by atoms with E-state index >= 15 is 0 Å². The maximum atomic E-state index is 10.0. The van der Waals surface area contributed by atoms with E-state index in [-0.39, 0.29) is 6.04 Å². The molecule has 0 unspecified atom stereocenters. The zero-order valence-corrected chi connectivity index (χ0v) is 5.79. The zero-order valence-electron chi connectivity index (χ0n) is 5.79. The van der Waals surface area contributed by atoms with E-state index in [9.17, 15) is 4.79 Å². The Bertz CT molecular complexity index is 147. The van der Waals surface area contributed by atoms with Gasteiger partial charge in [0, 0.05) is 6.04 Å². The second kappa shape index (κ2) is 2.12. The number of aliphatic hydroxyl groups is 1. The summed E-state index contributed by atoms with van der Waals surface area (Å²) in [4.78, 5) is 10.0. The molecule has 1 saturated carbocycles. The van der Waals surface area contributed by atoms with E-state index in [0.29, 0.717) is 12.8 Å². The van der Waals surface area contributed by atoms with Crippen molar-refractivity contribution in [2.24, 2.45) is 0 Å². The highest BCUT2D eigenvalue weighted by Gasteiger charge is 2.38. The molecule has 0 aromatic heterocycles. The fourth-order valence-electron chi connectivity index (χ4n) is 1.28. The largest absolute Gasteiger partial charge is 0.465 e. The topological polar surface area (TPSA) is 69.6 Å². The molecule has 58 valence electrons. The van der Waals surface area contributed by atoms with Gasteiger partial charge in [-0.15, -0.1) is 0 Å². The third-order valence-corrected chi connectivity index (χ3v) is 1.70. The van der Waals surface area contributed by atoms with Gasteiger partial charge in [0.15, 0.2) is 0 Å². The molecule has 1 aliphatic carbocycles. The summed E-state index contributed by atoms with van der Waals surface area (Å²) in [7, 11) is 0. The molecule has 4 heteroatoms. The Morgan fingerprint density at radius 2 is 2.20 bits per heavy atom. The summed E-state index contributed by atoms with van der Waals surface area (Å²) in [6.45, 7) is 1.70. The van der Waals surface area contributed by atoms with E-state index in [1.807, 2.05) is 0 Å². The van der Waals surface area contributed by atoms with Crippen LogP contribution < -0.4 is 5.32 Å². The van der Waals surface area contributed by atoms with E-state index in [2.05, 4.69) is 5.32 Å². The Kier molecular flexibility index (Phi) is 1.56. The summed E-state index contributed by atoms with van der Waals surface area (Å²) in [5.74, 6) is 0. The first-order valence-corrected chi connectivity index (χ1v) is 3.21. The smallest absolute Gasteiger partial charge is 0.404 e. The molecule has 3 N–H and O–H groups in total. The first kappa shape index (κ1) is 7.34. The summed E-state index contributed by atoms with van der Waals surface area (Å²) in [5, 5.41) is 19.7. The van der Waals surface area contributed by atoms with Gasteiger partial charge in [-0.25, -0.2) is 4.79 Å². The van der Waals surface area contributed by atoms with Gasteiger partial charge < -0.3 is 15.5 Å². The van der Waals surface area contributed by atoms with Crippen molar-refractivity contribution in [2.45, 2.75) is 31.4 Å². The standard InChI is InChI=1S/C6H11NO3/c1-6(10)2-4(3-6)7-5(8)9/h4,7,10H,2-3H2,1H3,(H,8,9). The van der Waals surface area contributed by atoms with Gasteiger partial charge in [-0.2, -0.15) is 0 Å². The van der Waals surface area contributed by atoms with E-state index < -0.39 is 11.7 Å². The molecule has 1 amide bonds. The number of carbonyl (C=O) groups is 1. The van der Waals surface area contributed by atoms with Crippen molar-refractivity contribution in [1.82, 2.24) is 5.32 Å². The summed E-state index contributed by atoms with van der Waals surface area (Å²) in [6, 6.07) is -0.0486. The fourth-order valence-corrected chi connectivity index (χ4v) is 1.28. The maximum Gasteiger partial charge on any atom is 0.404 e. The monoisotopic (exact) mass is 145 g/mol. The third-order valence-electron chi connectivity index (χ3n) is 1.70. The molecule has 1 rings (SSSR count). The van der Waals surface area contributed by atoms with Gasteiger partial charge in [0.05, 0.1) is 5.60 Å². The number of carboxylic acid groups (broad SMARTS) is 1. The van der Waals surface area contributed by atoms with Gasteiger partial charge in [0.2, 0.25) is 0 Å². The average Bonchev–Trinajstić information content (AvgIpc) is 1.57. The lowest BCUT2D eigenvalue weighted by Crippen LogP contribution is -2.53. The predicted octanol–water partition coefficient (Wildman–Crippen LogP) is 0.167. The molecule has 0 atom stereocenters. The second-order valence-corrected chi connectivity index (χ2v) is 3.05. The molecule has 1 fully saturated rings. The summed E-state index contributed by atoms with van der Waals surface area (Å²) in [6.07, 6.45) is 0.0407. The Labute approximate surface area is 58.9 Å². The van der Waals surface area contributed by atoms with Crippen LogP contribution in [0.5, 0.6) is 0 Å². The summed E-state index contributed by atoms with van der Waals surface area (Å²) in [5.41, 5.74) is -0.646. The lowest BCUT2D eigenvalue weighted by molar-refractivity contribution is -0.0369. The van der Waals surface area contributed by atoms with Crippen molar-refractivity contribution < 1.29 is 15.0 Å². The van der Waals surface area contributed by atoms with Crippen molar-refractivity contribution in [3.8, 4) is 0 Å². The van der Waals surface area contributed by atoms with Crippen molar-refractivity contribution in [3.05, 3.63) is 0 Å². The minimum Gasteiger partial charge on any atom is -0.465 e. The van der Waals surface area contributed by atoms with Crippen LogP contribution in [0.2, 0.25) is 0 Å². The number of hydrogen-bond donors (Lipinski definition) is 3. The predicted molar refractivity (Wildman–Crippen MR) is 34.8 cm³/mol. The quantitative estimate of drug-likeness (QED) is 0.492. The van der Waals surface area contributed by atoms with Crippen molar-refractivity contribution in [3.63, 3.8) is 0 Å². The zero-order chi connectivity index (χ0) is 7.78. The lowest BCUT2D eigenvalue weighted by atomic mass is 9.77. The van der Waals surface area contributed by atoms with E-state index in [0.717, 1.165) is 0 Å². The van der Waals surface area contributed by atoms with Crippen LogP contribution >= 0.6 is 0 Å². The normalized spacial score (nSPS) is 38.4. The van der Waals surface area contributed by atoms with Crippen molar-refractivity contribution in [1.29, 1.82) is 0 Å². The highest BCUT2D eigenvalue weighted by molar-refractivity contribution is 5.65. The minimum atomic E-state index is -1.01. The number of hydrogen-bond acceptors (Lipinski definition) is 2. The van der Waals surface area contributed by atoms with Crippen LogP contribution in [-0.2, 0) is 0 Å². The lowest BCUT2D eigenvalue weighted by Gasteiger charge is -2.40. The molecule has 0 heterocycles. The van der Waals surface area contributed by atoms with Crippen LogP contribution in [0.4, 0.5) is 4.79 Å². The second-order valence-electron chi connectivity index (χ2n) is 3.05. The van der Waals surface area contributed by atoms with E-state index in [1.54, 1.807) is 6.92 Å². The third kappa shape index (κ3) is 1.60. The van der Waals surface area contributed by atoms with E-state index in [4.69, 9.17) is 10.2 Å². The molecule has 0 saturated heterocycles. The molecule has 4 nitrogen and oxygen atoms in total. The molecule has 1 aliphatic rings. The van der Waals surface area contributed by atoms with E-state index in [1.165, 1.54) is 0 Å². The summed E-state index contributed by atoms with van der Waals surface area (Å²) >= 11 is 0. The highest BCUT2D eigenvalue weighted by Crippen LogP contribution is 2.30. The molecular formula is C6H11NO3. The van der Waals surface area contributed by atoms with Gasteiger partial charge in [-0.3, -0.25) is 0 Å². The minimum absolute atomic E-state index is 0.0486. The van der Waals surface area contributed by atoms with Crippen LogP contribution in [0.1, 0.15) is 19.8 Å². The number of amides is 1. The first-order chi connectivity index (χ1) is 4.49. The molecule has 0 bridgehead atoms. The maximum absolute atomic E-state index is 10.0. The Balaban J connectivity index is 2.21. The van der Waals surface area contributed by atoms with Crippen molar-refractivity contribution >= 4 is 6.09 Å². The highest BCUT2D eigenvalue weighted by atomic mass is 16.4. The fraction of sp³-hybridized carbons (Fsp3) is 0.833. The first-order valence-electron chi connectivity index (χ1n) is 3.21. The molecule has 0 radical (unpaired) electrons. The Morgan fingerprint density at radius 3 is 2.50 bits per heavy atom. The van der Waals surface area contributed by atoms with Gasteiger partial charge >= 0.3 is 6.09 Å². The van der Waals surface area contributed by atoms with Crippen molar-refractivity contribution in [2.75, 3.05) is 0 Å². The number of rotatable bonds is 1. The van der Waals surface area contributed by atoms with Crippen LogP contribution in [-0.4, -0.2) is 27.9 Å². The molecule has 0 spiro atoms. The molecule has 0 aliphatic heterocycles. The number of nitrogens with one attached hydrogen (secondary N) is 1. The van der Waals surface area contributed by atoms with Gasteiger partial charge in [0.25, 0.3) is 0 Å². The molecule has 0 aromatic rings. The molecular weight excluding hydrogens is 134 g/mol. The Morgan fingerprint density at radius 1 is 1.70 bits per heavy atom. The van der Waals surface area contributed by atoms with Crippen LogP contribution in [0.3, 0.4) is 0 Å². The van der Waals surface area contributed by atoms with Gasteiger partial charge in [-0.1, -0.05) is 0 Å². The van der Waals surface area contributed by atoms with Gasteiger partial charge in [0.1, 0.15) is 0 Å². The van der Waals surface area contributed by atoms with Crippen LogP contribution in [0.15, 0.2) is 0 Å². The average molecular weight is 145 g/mol. The van der Waals surface area contributed by atoms with Crippen LogP contribution in [0, 0.1) is 0 Å².